The number of aromatic nitrogens is 3. The predicted molar refractivity (Wildman–Crippen MR) is 103 cm³/mol. The monoisotopic (exact) mass is 385 g/mol. The largest absolute Gasteiger partial charge is 0.469 e. The quantitative estimate of drug-likeness (QED) is 0.457. The van der Waals surface area contributed by atoms with Crippen LogP contribution in [0.2, 0.25) is 5.02 Å². The van der Waals surface area contributed by atoms with Crippen molar-refractivity contribution in [3.63, 3.8) is 0 Å². The SMILES string of the molecule is CCc1cc2c(OCc3cc(-c4ccc(C)cc4Cl)no3)ncnc2s1. The zero-order valence-electron chi connectivity index (χ0n) is 14.3. The van der Waals surface area contributed by atoms with E-state index < -0.39 is 0 Å². The molecule has 0 unspecified atom stereocenters. The van der Waals surface area contributed by atoms with Gasteiger partial charge in [0.1, 0.15) is 16.9 Å². The number of ether oxygens (including phenoxy) is 1. The molecule has 0 bridgehead atoms. The summed E-state index contributed by atoms with van der Waals surface area (Å²) in [5, 5.41) is 5.67. The van der Waals surface area contributed by atoms with Crippen LogP contribution in [-0.4, -0.2) is 15.1 Å². The van der Waals surface area contributed by atoms with Crippen molar-refractivity contribution < 1.29 is 9.26 Å². The van der Waals surface area contributed by atoms with Crippen molar-refractivity contribution in [3.05, 3.63) is 57.9 Å². The standard InChI is InChI=1S/C19H16ClN3O2S/c1-3-13-8-15-18(21-10-22-19(15)26-13)24-9-12-7-17(23-25-12)14-5-4-11(2)6-16(14)20/h4-8,10H,3,9H2,1-2H3. The van der Waals surface area contributed by atoms with Crippen LogP contribution in [0.1, 0.15) is 23.1 Å². The highest BCUT2D eigenvalue weighted by Gasteiger charge is 2.13. The predicted octanol–water partition coefficient (Wildman–Crippen LogP) is 5.45. The van der Waals surface area contributed by atoms with Gasteiger partial charge >= 0.3 is 0 Å². The second-order valence-corrected chi connectivity index (χ2v) is 7.44. The van der Waals surface area contributed by atoms with Gasteiger partial charge in [-0.25, -0.2) is 9.97 Å². The van der Waals surface area contributed by atoms with E-state index in [0.717, 1.165) is 27.8 Å². The summed E-state index contributed by atoms with van der Waals surface area (Å²) < 4.78 is 11.2. The summed E-state index contributed by atoms with van der Waals surface area (Å²) in [6, 6.07) is 9.74. The molecule has 0 amide bonds. The number of thiophene rings is 1. The van der Waals surface area contributed by atoms with Crippen LogP contribution in [0, 0.1) is 6.92 Å². The van der Waals surface area contributed by atoms with E-state index in [0.29, 0.717) is 22.4 Å². The highest BCUT2D eigenvalue weighted by molar-refractivity contribution is 7.18. The summed E-state index contributed by atoms with van der Waals surface area (Å²) >= 11 is 7.95. The molecule has 0 aliphatic carbocycles. The summed E-state index contributed by atoms with van der Waals surface area (Å²) in [6.07, 6.45) is 2.48. The van der Waals surface area contributed by atoms with Gasteiger partial charge in [-0.1, -0.05) is 35.8 Å². The first-order valence-electron chi connectivity index (χ1n) is 8.22. The van der Waals surface area contributed by atoms with Crippen molar-refractivity contribution >= 4 is 33.2 Å². The van der Waals surface area contributed by atoms with E-state index >= 15 is 0 Å². The van der Waals surface area contributed by atoms with Gasteiger partial charge in [0.25, 0.3) is 0 Å². The van der Waals surface area contributed by atoms with E-state index in [9.17, 15) is 0 Å². The Labute approximate surface area is 159 Å². The second-order valence-electron chi connectivity index (χ2n) is 5.91. The molecule has 5 nitrogen and oxygen atoms in total. The van der Waals surface area contributed by atoms with Crippen molar-refractivity contribution in [2.24, 2.45) is 0 Å². The average Bonchev–Trinajstić information content (AvgIpc) is 3.26. The summed E-state index contributed by atoms with van der Waals surface area (Å²) in [6.45, 7) is 4.35. The van der Waals surface area contributed by atoms with Crippen molar-refractivity contribution in [2.45, 2.75) is 26.9 Å². The fourth-order valence-corrected chi connectivity index (χ4v) is 3.91. The molecule has 4 rings (SSSR count). The molecule has 0 fully saturated rings. The van der Waals surface area contributed by atoms with Crippen LogP contribution in [-0.2, 0) is 13.0 Å². The Balaban J connectivity index is 1.54. The van der Waals surface area contributed by atoms with Gasteiger partial charge in [-0.15, -0.1) is 11.3 Å². The molecule has 0 spiro atoms. The molecule has 4 aromatic rings. The molecule has 0 radical (unpaired) electrons. The highest BCUT2D eigenvalue weighted by atomic mass is 35.5. The second kappa shape index (κ2) is 7.05. The zero-order chi connectivity index (χ0) is 18.1. The van der Waals surface area contributed by atoms with E-state index in [1.165, 1.54) is 11.2 Å². The number of rotatable bonds is 5. The molecule has 0 N–H and O–H groups in total. The lowest BCUT2D eigenvalue weighted by atomic mass is 10.1. The maximum atomic E-state index is 6.30. The molecule has 0 saturated carbocycles. The van der Waals surface area contributed by atoms with E-state index in [1.54, 1.807) is 11.3 Å². The van der Waals surface area contributed by atoms with Crippen LogP contribution in [0.5, 0.6) is 5.88 Å². The van der Waals surface area contributed by atoms with Crippen molar-refractivity contribution in [1.82, 2.24) is 15.1 Å². The van der Waals surface area contributed by atoms with Crippen LogP contribution >= 0.6 is 22.9 Å². The zero-order valence-corrected chi connectivity index (χ0v) is 15.9. The van der Waals surface area contributed by atoms with Crippen molar-refractivity contribution in [3.8, 4) is 17.1 Å². The third-order valence-electron chi connectivity index (χ3n) is 4.00. The first kappa shape index (κ1) is 17.0. The molecule has 0 saturated heterocycles. The van der Waals surface area contributed by atoms with Gasteiger partial charge in [-0.2, -0.15) is 0 Å². The smallest absolute Gasteiger partial charge is 0.225 e. The van der Waals surface area contributed by atoms with E-state index in [-0.39, 0.29) is 6.61 Å². The van der Waals surface area contributed by atoms with Crippen LogP contribution in [0.4, 0.5) is 0 Å². The summed E-state index contributed by atoms with van der Waals surface area (Å²) in [4.78, 5) is 10.7. The Morgan fingerprint density at radius 2 is 2.08 bits per heavy atom. The number of fused-ring (bicyclic) bond motifs is 1. The van der Waals surface area contributed by atoms with Crippen LogP contribution < -0.4 is 4.74 Å². The topological polar surface area (TPSA) is 61.0 Å². The fraction of sp³-hybridized carbons (Fsp3) is 0.211. The number of benzene rings is 1. The van der Waals surface area contributed by atoms with Gasteiger partial charge < -0.3 is 9.26 Å². The van der Waals surface area contributed by atoms with Crippen LogP contribution in [0.3, 0.4) is 0 Å². The average molecular weight is 386 g/mol. The third-order valence-corrected chi connectivity index (χ3v) is 5.50. The lowest BCUT2D eigenvalue weighted by Crippen LogP contribution is -1.96. The van der Waals surface area contributed by atoms with E-state index in [1.807, 2.05) is 31.2 Å². The number of halogens is 1. The highest BCUT2D eigenvalue weighted by Crippen LogP contribution is 2.31. The molecule has 1 aromatic carbocycles. The van der Waals surface area contributed by atoms with E-state index in [2.05, 4.69) is 28.1 Å². The van der Waals surface area contributed by atoms with Gasteiger partial charge in [0.05, 0.1) is 10.4 Å². The number of nitrogens with zero attached hydrogens (tertiary/aromatic N) is 3. The lowest BCUT2D eigenvalue weighted by Gasteiger charge is -2.03. The summed E-state index contributed by atoms with van der Waals surface area (Å²) in [5.74, 6) is 1.16. The van der Waals surface area contributed by atoms with Gasteiger partial charge in [-0.3, -0.25) is 0 Å². The Bertz CT molecular complexity index is 1070. The molecule has 3 aromatic heterocycles. The summed E-state index contributed by atoms with van der Waals surface area (Å²) in [5.41, 5.74) is 2.62. The Hall–Kier alpha value is -2.44. The van der Waals surface area contributed by atoms with Gasteiger partial charge in [0.15, 0.2) is 12.4 Å². The molecule has 0 aliphatic rings. The molecule has 132 valence electrons. The Morgan fingerprint density at radius 1 is 1.19 bits per heavy atom. The molecule has 0 atom stereocenters. The van der Waals surface area contributed by atoms with E-state index in [4.69, 9.17) is 20.9 Å². The van der Waals surface area contributed by atoms with Gasteiger partial charge in [0, 0.05) is 16.5 Å². The first-order valence-corrected chi connectivity index (χ1v) is 9.42. The molecule has 26 heavy (non-hydrogen) atoms. The Kier molecular flexibility index (Phi) is 4.61. The number of hydrogen-bond donors (Lipinski definition) is 0. The number of aryl methyl sites for hydroxylation is 2. The Morgan fingerprint density at radius 3 is 2.88 bits per heavy atom. The van der Waals surface area contributed by atoms with Gasteiger partial charge in [0.2, 0.25) is 5.88 Å². The van der Waals surface area contributed by atoms with Gasteiger partial charge in [-0.05, 0) is 31.0 Å². The van der Waals surface area contributed by atoms with Crippen LogP contribution in [0.25, 0.3) is 21.5 Å². The molecule has 3 heterocycles. The normalized spacial score (nSPS) is 11.2. The van der Waals surface area contributed by atoms with Crippen LogP contribution in [0.15, 0.2) is 41.2 Å². The minimum Gasteiger partial charge on any atom is -0.469 e. The molecule has 0 aliphatic heterocycles. The summed E-state index contributed by atoms with van der Waals surface area (Å²) in [7, 11) is 0. The number of hydrogen-bond acceptors (Lipinski definition) is 6. The fourth-order valence-electron chi connectivity index (χ4n) is 2.65. The maximum Gasteiger partial charge on any atom is 0.225 e. The first-order chi connectivity index (χ1) is 12.6. The minimum atomic E-state index is 0.236. The molecule has 7 heteroatoms. The lowest BCUT2D eigenvalue weighted by molar-refractivity contribution is 0.244. The molecular weight excluding hydrogens is 370 g/mol. The third kappa shape index (κ3) is 3.30. The van der Waals surface area contributed by atoms with Crippen molar-refractivity contribution in [1.29, 1.82) is 0 Å². The van der Waals surface area contributed by atoms with Crippen molar-refractivity contribution in [2.75, 3.05) is 0 Å². The molecular formula is C19H16ClN3O2S. The maximum absolute atomic E-state index is 6.30. The minimum absolute atomic E-state index is 0.236.